The van der Waals surface area contributed by atoms with Gasteiger partial charge in [0.15, 0.2) is 0 Å². The van der Waals surface area contributed by atoms with E-state index in [1.165, 1.54) is 0 Å². The van der Waals surface area contributed by atoms with Crippen LogP contribution in [0.25, 0.3) is 0 Å². The Bertz CT molecular complexity index is 846. The van der Waals surface area contributed by atoms with Crippen LogP contribution in [-0.4, -0.2) is 9.85 Å². The second-order valence-corrected chi connectivity index (χ2v) is 6.61. The number of rotatable bonds is 4. The first-order valence-electron chi connectivity index (χ1n) is 5.87. The number of benzene rings is 2. The monoisotopic (exact) mass is 464 g/mol. The van der Waals surface area contributed by atoms with Crippen molar-refractivity contribution in [1.82, 2.24) is 0 Å². The van der Waals surface area contributed by atoms with Crippen molar-refractivity contribution in [2.24, 2.45) is 0 Å². The van der Waals surface area contributed by atoms with Gasteiger partial charge in [-0.2, -0.15) is 0 Å². The fourth-order valence-corrected chi connectivity index (χ4v) is 3.04. The van der Waals surface area contributed by atoms with Crippen molar-refractivity contribution in [2.45, 2.75) is 0 Å². The molecule has 0 saturated heterocycles. The Morgan fingerprint density at radius 3 is 1.28 bits per heavy atom. The Hall–Kier alpha value is -1.22. The van der Waals surface area contributed by atoms with Gasteiger partial charge in [0.25, 0.3) is 0 Å². The highest BCUT2D eigenvalue weighted by Crippen LogP contribution is 2.49. The topological polar surface area (TPSA) is 95.5 Å². The van der Waals surface area contributed by atoms with Gasteiger partial charge < -0.3 is 4.74 Å². The largest absolute Gasteiger partial charge is 0.443 e. The minimum Gasteiger partial charge on any atom is -0.443 e. The van der Waals surface area contributed by atoms with Gasteiger partial charge in [0.1, 0.15) is 10.0 Å². The molecular weight excluding hydrogens is 465 g/mol. The molecule has 7 nitrogen and oxygen atoms in total. The molecule has 0 N–H and O–H groups in total. The summed E-state index contributed by atoms with van der Waals surface area (Å²) in [6.07, 6.45) is 0. The van der Waals surface area contributed by atoms with Crippen molar-refractivity contribution in [3.8, 4) is 11.5 Å². The van der Waals surface area contributed by atoms with Gasteiger partial charge in [0.05, 0.1) is 29.9 Å². The predicted molar refractivity (Wildman–Crippen MR) is 96.3 cm³/mol. The SMILES string of the molecule is O=[N+]([O-])c1c(Oc2cc(Cl)c(Cl)c(Cl)c2[N+](=O)[O-])cc(Cl)c(Cl)c1Cl. The number of hydrogen-bond acceptors (Lipinski definition) is 5. The molecule has 0 saturated carbocycles. The van der Waals surface area contributed by atoms with E-state index in [9.17, 15) is 20.2 Å². The number of hydrogen-bond donors (Lipinski definition) is 0. The van der Waals surface area contributed by atoms with E-state index in [1.54, 1.807) is 0 Å². The second-order valence-electron chi connectivity index (χ2n) is 4.28. The highest BCUT2D eigenvalue weighted by Gasteiger charge is 2.30. The van der Waals surface area contributed by atoms with Crippen LogP contribution in [0.3, 0.4) is 0 Å². The number of ether oxygens (including phenoxy) is 1. The molecule has 0 bridgehead atoms. The third-order valence-corrected chi connectivity index (χ3v) is 5.29. The van der Waals surface area contributed by atoms with E-state index in [-0.39, 0.29) is 20.1 Å². The fraction of sp³-hybridized carbons (Fsp3) is 0. The first-order valence-corrected chi connectivity index (χ1v) is 8.14. The molecule has 132 valence electrons. The van der Waals surface area contributed by atoms with Crippen molar-refractivity contribution in [3.05, 3.63) is 62.5 Å². The van der Waals surface area contributed by atoms with Gasteiger partial charge in [-0.25, -0.2) is 0 Å². The zero-order chi connectivity index (χ0) is 19.0. The lowest BCUT2D eigenvalue weighted by atomic mass is 10.2. The Morgan fingerprint density at radius 1 is 0.680 bits per heavy atom. The number of nitrogens with zero attached hydrogens (tertiary/aromatic N) is 2. The molecule has 0 aliphatic rings. The molecule has 25 heavy (non-hydrogen) atoms. The van der Waals surface area contributed by atoms with E-state index >= 15 is 0 Å². The van der Waals surface area contributed by atoms with E-state index in [0.29, 0.717) is 0 Å². The molecule has 0 radical (unpaired) electrons. The number of nitro groups is 2. The van der Waals surface area contributed by atoms with Gasteiger partial charge in [-0.05, 0) is 0 Å². The van der Waals surface area contributed by atoms with Gasteiger partial charge in [0, 0.05) is 12.1 Å². The molecule has 0 heterocycles. The summed E-state index contributed by atoms with van der Waals surface area (Å²) in [6, 6.07) is 1.96. The summed E-state index contributed by atoms with van der Waals surface area (Å²) in [5, 5.41) is 20.6. The maximum atomic E-state index is 11.2. The van der Waals surface area contributed by atoms with E-state index in [0.717, 1.165) is 12.1 Å². The van der Waals surface area contributed by atoms with Crippen LogP contribution in [0, 0.1) is 20.2 Å². The molecule has 0 aromatic heterocycles. The normalized spacial score (nSPS) is 10.6. The minimum absolute atomic E-state index is 0.166. The molecular formula is C12H2Cl6N2O5. The average molecular weight is 467 g/mol. The van der Waals surface area contributed by atoms with Crippen LogP contribution in [0.5, 0.6) is 11.5 Å². The predicted octanol–water partition coefficient (Wildman–Crippen LogP) is 7.22. The molecule has 0 atom stereocenters. The Morgan fingerprint density at radius 2 is 1.00 bits per heavy atom. The van der Waals surface area contributed by atoms with Gasteiger partial charge in [-0.3, -0.25) is 20.2 Å². The van der Waals surface area contributed by atoms with Gasteiger partial charge in [-0.15, -0.1) is 0 Å². The molecule has 13 heteroatoms. The maximum Gasteiger partial charge on any atom is 0.331 e. The van der Waals surface area contributed by atoms with Crippen LogP contribution in [0.2, 0.25) is 30.1 Å². The molecule has 2 rings (SSSR count). The molecule has 0 unspecified atom stereocenters. The lowest BCUT2D eigenvalue weighted by molar-refractivity contribution is -0.387. The lowest BCUT2D eigenvalue weighted by Gasteiger charge is -2.11. The summed E-state index contributed by atoms with van der Waals surface area (Å²) < 4.78 is 5.26. The zero-order valence-corrected chi connectivity index (χ0v) is 15.9. The molecule has 2 aromatic rings. The second kappa shape index (κ2) is 7.57. The molecule has 2 aromatic carbocycles. The standard InChI is InChI=1S/C12H2Cl6N2O5/c13-3-1-5(11(19(21)22)9(17)7(3)15)25-6-2-4(14)8(16)10(18)12(6)20(23)24/h1-2H. The van der Waals surface area contributed by atoms with E-state index in [1.807, 2.05) is 0 Å². The van der Waals surface area contributed by atoms with Crippen LogP contribution < -0.4 is 4.74 Å². The first kappa shape index (κ1) is 20.1. The van der Waals surface area contributed by atoms with E-state index < -0.39 is 42.8 Å². The maximum absolute atomic E-state index is 11.2. The zero-order valence-electron chi connectivity index (χ0n) is 11.4. The Balaban J connectivity index is 2.73. The quantitative estimate of drug-likeness (QED) is 0.269. The highest BCUT2D eigenvalue weighted by atomic mass is 35.5. The van der Waals surface area contributed by atoms with Crippen LogP contribution in [0.4, 0.5) is 11.4 Å². The van der Waals surface area contributed by atoms with Crippen LogP contribution >= 0.6 is 69.6 Å². The summed E-state index contributed by atoms with van der Waals surface area (Å²) in [6.45, 7) is 0. The summed E-state index contributed by atoms with van der Waals surface area (Å²) in [4.78, 5) is 20.7. The summed E-state index contributed by atoms with van der Waals surface area (Å²) in [5.41, 5.74) is -1.49. The fourth-order valence-electron chi connectivity index (χ4n) is 1.74. The third kappa shape index (κ3) is 3.81. The van der Waals surface area contributed by atoms with Crippen LogP contribution in [-0.2, 0) is 0 Å². The molecule has 0 spiro atoms. The molecule has 0 fully saturated rings. The summed E-state index contributed by atoms with van der Waals surface area (Å²) >= 11 is 34.8. The van der Waals surface area contributed by atoms with Gasteiger partial charge in [0.2, 0.25) is 11.5 Å². The smallest absolute Gasteiger partial charge is 0.331 e. The Kier molecular flexibility index (Phi) is 6.09. The van der Waals surface area contributed by atoms with Crippen molar-refractivity contribution in [3.63, 3.8) is 0 Å². The third-order valence-electron chi connectivity index (χ3n) is 2.79. The molecule has 0 aliphatic heterocycles. The average Bonchev–Trinajstić information content (AvgIpc) is 2.49. The van der Waals surface area contributed by atoms with Crippen LogP contribution in [0.1, 0.15) is 0 Å². The minimum atomic E-state index is -0.884. The molecule has 0 aliphatic carbocycles. The lowest BCUT2D eigenvalue weighted by Crippen LogP contribution is -1.99. The van der Waals surface area contributed by atoms with E-state index in [2.05, 4.69) is 0 Å². The van der Waals surface area contributed by atoms with Crippen molar-refractivity contribution in [1.29, 1.82) is 0 Å². The van der Waals surface area contributed by atoms with E-state index in [4.69, 9.17) is 74.3 Å². The van der Waals surface area contributed by atoms with Gasteiger partial charge in [-0.1, -0.05) is 69.6 Å². The number of nitro benzene ring substituents is 2. The summed E-state index contributed by atoms with van der Waals surface area (Å²) in [7, 11) is 0. The van der Waals surface area contributed by atoms with Crippen molar-refractivity contribution in [2.75, 3.05) is 0 Å². The molecule has 0 amide bonds. The Labute approximate surface area is 169 Å². The van der Waals surface area contributed by atoms with Gasteiger partial charge >= 0.3 is 11.4 Å². The van der Waals surface area contributed by atoms with Crippen LogP contribution in [0.15, 0.2) is 12.1 Å². The van der Waals surface area contributed by atoms with Crippen molar-refractivity contribution >= 4 is 81.0 Å². The number of halogens is 6. The summed E-state index contributed by atoms with van der Waals surface area (Å²) in [5.74, 6) is -0.996. The highest BCUT2D eigenvalue weighted by molar-refractivity contribution is 6.50. The first-order chi connectivity index (χ1) is 11.6. The van der Waals surface area contributed by atoms with Crippen molar-refractivity contribution < 1.29 is 14.6 Å².